The molecule has 0 aliphatic heterocycles. The molecular formula is C12H22ClN3S. The van der Waals surface area contributed by atoms with Crippen molar-refractivity contribution in [2.45, 2.75) is 46.5 Å². The van der Waals surface area contributed by atoms with Crippen LogP contribution in [0.25, 0.3) is 0 Å². The van der Waals surface area contributed by atoms with Gasteiger partial charge in [0.05, 0.1) is 0 Å². The average Bonchev–Trinajstić information content (AvgIpc) is 2.80. The molecule has 98 valence electrons. The summed E-state index contributed by atoms with van der Waals surface area (Å²) in [5.41, 5.74) is 0.179. The van der Waals surface area contributed by atoms with Crippen molar-refractivity contribution in [2.75, 3.05) is 17.7 Å². The third kappa shape index (κ3) is 4.11. The van der Waals surface area contributed by atoms with Gasteiger partial charge < -0.3 is 5.32 Å². The van der Waals surface area contributed by atoms with Gasteiger partial charge >= 0.3 is 0 Å². The molecule has 5 heteroatoms. The summed E-state index contributed by atoms with van der Waals surface area (Å²) in [5, 5.41) is 4.30. The lowest BCUT2D eigenvalue weighted by atomic mass is 9.84. The van der Waals surface area contributed by atoms with Gasteiger partial charge in [0, 0.05) is 35.8 Å². The van der Waals surface area contributed by atoms with Crippen LogP contribution in [0.2, 0.25) is 0 Å². The van der Waals surface area contributed by atoms with Crippen LogP contribution in [0, 0.1) is 5.41 Å². The number of nitrogens with zero attached hydrogens (tertiary/aromatic N) is 2. The van der Waals surface area contributed by atoms with E-state index in [1.165, 1.54) is 11.5 Å². The van der Waals surface area contributed by atoms with Crippen molar-refractivity contribution < 1.29 is 0 Å². The molecule has 0 spiro atoms. The molecule has 3 nitrogen and oxygen atoms in total. The van der Waals surface area contributed by atoms with Crippen molar-refractivity contribution in [1.82, 2.24) is 9.36 Å². The Bertz CT molecular complexity index is 315. The minimum absolute atomic E-state index is 0.179. The van der Waals surface area contributed by atoms with E-state index >= 15 is 0 Å². The van der Waals surface area contributed by atoms with E-state index in [1.807, 2.05) is 0 Å². The fourth-order valence-electron chi connectivity index (χ4n) is 1.65. The summed E-state index contributed by atoms with van der Waals surface area (Å²) < 4.78 is 4.32. The number of aryl methyl sites for hydroxylation is 1. The molecule has 0 bridgehead atoms. The summed E-state index contributed by atoms with van der Waals surface area (Å²) in [6, 6.07) is 0. The molecule has 17 heavy (non-hydrogen) atoms. The van der Waals surface area contributed by atoms with Gasteiger partial charge in [-0.25, -0.2) is 4.98 Å². The Morgan fingerprint density at radius 1 is 1.29 bits per heavy atom. The molecule has 1 N–H and O–H groups in total. The van der Waals surface area contributed by atoms with Crippen LogP contribution in [0.5, 0.6) is 0 Å². The normalized spacial score (nSPS) is 11.8. The molecule has 0 radical (unpaired) electrons. The van der Waals surface area contributed by atoms with E-state index in [0.717, 1.165) is 43.2 Å². The zero-order chi connectivity index (χ0) is 12.7. The van der Waals surface area contributed by atoms with E-state index in [-0.39, 0.29) is 5.41 Å². The van der Waals surface area contributed by atoms with Crippen molar-refractivity contribution >= 4 is 28.3 Å². The molecule has 0 saturated carbocycles. The Kier molecular flexibility index (Phi) is 6.20. The standard InChI is InChI=1S/C12H22ClN3S/c1-4-7-10-15-11(17-16-10)14-9-12(5-2,6-3)8-13/h4-9H2,1-3H3,(H,14,15,16). The van der Waals surface area contributed by atoms with Crippen LogP contribution in [0.15, 0.2) is 0 Å². The van der Waals surface area contributed by atoms with E-state index in [2.05, 4.69) is 35.4 Å². The quantitative estimate of drug-likeness (QED) is 0.730. The number of halogens is 1. The van der Waals surface area contributed by atoms with Gasteiger partial charge in [-0.2, -0.15) is 4.37 Å². The Hall–Kier alpha value is -0.350. The molecule has 1 heterocycles. The molecule has 0 atom stereocenters. The average molecular weight is 276 g/mol. The molecule has 0 aliphatic rings. The fourth-order valence-corrected chi connectivity index (χ4v) is 2.73. The Morgan fingerprint density at radius 3 is 2.53 bits per heavy atom. The lowest BCUT2D eigenvalue weighted by Gasteiger charge is -2.29. The second-order valence-corrected chi connectivity index (χ2v) is 5.48. The van der Waals surface area contributed by atoms with Crippen LogP contribution < -0.4 is 5.32 Å². The van der Waals surface area contributed by atoms with E-state index in [1.54, 1.807) is 0 Å². The molecule has 0 saturated heterocycles. The molecule has 1 aromatic heterocycles. The number of alkyl halides is 1. The van der Waals surface area contributed by atoms with E-state index in [0.29, 0.717) is 5.88 Å². The highest BCUT2D eigenvalue weighted by Gasteiger charge is 2.25. The van der Waals surface area contributed by atoms with Gasteiger partial charge in [-0.05, 0) is 19.3 Å². The topological polar surface area (TPSA) is 37.8 Å². The highest BCUT2D eigenvalue weighted by atomic mass is 35.5. The lowest BCUT2D eigenvalue weighted by molar-refractivity contribution is 0.327. The second-order valence-electron chi connectivity index (χ2n) is 4.46. The molecular weight excluding hydrogens is 254 g/mol. The van der Waals surface area contributed by atoms with Gasteiger partial charge in [0.15, 0.2) is 0 Å². The van der Waals surface area contributed by atoms with Gasteiger partial charge in [-0.3, -0.25) is 0 Å². The fraction of sp³-hybridized carbons (Fsp3) is 0.833. The highest BCUT2D eigenvalue weighted by Crippen LogP contribution is 2.28. The SMILES string of the molecule is CCCc1nsc(NCC(CC)(CC)CCl)n1. The van der Waals surface area contributed by atoms with Crippen LogP contribution in [-0.2, 0) is 6.42 Å². The highest BCUT2D eigenvalue weighted by molar-refractivity contribution is 7.09. The molecule has 0 fully saturated rings. The third-order valence-electron chi connectivity index (χ3n) is 3.34. The summed E-state index contributed by atoms with van der Waals surface area (Å²) in [6.45, 7) is 7.40. The number of hydrogen-bond donors (Lipinski definition) is 1. The van der Waals surface area contributed by atoms with Crippen molar-refractivity contribution in [1.29, 1.82) is 0 Å². The Balaban J connectivity index is 2.53. The first-order valence-electron chi connectivity index (χ1n) is 6.32. The zero-order valence-electron chi connectivity index (χ0n) is 10.9. The second kappa shape index (κ2) is 7.17. The van der Waals surface area contributed by atoms with Crippen LogP contribution in [0.3, 0.4) is 0 Å². The number of anilines is 1. The van der Waals surface area contributed by atoms with Crippen LogP contribution in [-0.4, -0.2) is 21.8 Å². The summed E-state index contributed by atoms with van der Waals surface area (Å²) >= 11 is 7.52. The maximum Gasteiger partial charge on any atom is 0.202 e. The van der Waals surface area contributed by atoms with Gasteiger partial charge in [-0.15, -0.1) is 11.6 Å². The number of aromatic nitrogens is 2. The predicted molar refractivity (Wildman–Crippen MR) is 76.1 cm³/mol. The summed E-state index contributed by atoms with van der Waals surface area (Å²) in [7, 11) is 0. The van der Waals surface area contributed by atoms with E-state index < -0.39 is 0 Å². The largest absolute Gasteiger partial charge is 0.360 e. The number of nitrogens with one attached hydrogen (secondary N) is 1. The predicted octanol–water partition coefficient (Wildman–Crippen LogP) is 3.95. The smallest absolute Gasteiger partial charge is 0.202 e. The van der Waals surface area contributed by atoms with Crippen LogP contribution in [0.1, 0.15) is 45.9 Å². The van der Waals surface area contributed by atoms with E-state index in [9.17, 15) is 0 Å². The Morgan fingerprint density at radius 2 is 2.00 bits per heavy atom. The Labute approximate surface area is 113 Å². The molecule has 0 aromatic carbocycles. The first-order valence-corrected chi connectivity index (χ1v) is 7.63. The van der Waals surface area contributed by atoms with Gasteiger partial charge in [-0.1, -0.05) is 20.8 Å². The molecule has 0 aliphatic carbocycles. The van der Waals surface area contributed by atoms with Crippen molar-refractivity contribution in [3.05, 3.63) is 5.82 Å². The third-order valence-corrected chi connectivity index (χ3v) is 4.62. The monoisotopic (exact) mass is 275 g/mol. The van der Waals surface area contributed by atoms with E-state index in [4.69, 9.17) is 11.6 Å². The van der Waals surface area contributed by atoms with Crippen molar-refractivity contribution in [2.24, 2.45) is 5.41 Å². The molecule has 0 amide bonds. The van der Waals surface area contributed by atoms with Crippen LogP contribution >= 0.6 is 23.1 Å². The molecule has 1 rings (SSSR count). The summed E-state index contributed by atoms with van der Waals surface area (Å²) in [5.74, 6) is 1.64. The van der Waals surface area contributed by atoms with Crippen molar-refractivity contribution in [3.8, 4) is 0 Å². The minimum atomic E-state index is 0.179. The maximum absolute atomic E-state index is 6.07. The lowest BCUT2D eigenvalue weighted by Crippen LogP contribution is -2.30. The van der Waals surface area contributed by atoms with Crippen LogP contribution in [0.4, 0.5) is 5.13 Å². The molecule has 0 unspecified atom stereocenters. The maximum atomic E-state index is 6.07. The number of rotatable bonds is 8. The van der Waals surface area contributed by atoms with Gasteiger partial charge in [0.25, 0.3) is 0 Å². The van der Waals surface area contributed by atoms with Gasteiger partial charge in [0.2, 0.25) is 5.13 Å². The molecule has 1 aromatic rings. The first-order chi connectivity index (χ1) is 8.19. The zero-order valence-corrected chi connectivity index (χ0v) is 12.5. The van der Waals surface area contributed by atoms with Gasteiger partial charge in [0.1, 0.15) is 5.82 Å². The number of hydrogen-bond acceptors (Lipinski definition) is 4. The first kappa shape index (κ1) is 14.7. The summed E-state index contributed by atoms with van der Waals surface area (Å²) in [6.07, 6.45) is 4.22. The summed E-state index contributed by atoms with van der Waals surface area (Å²) in [4.78, 5) is 4.46. The van der Waals surface area contributed by atoms with Crippen molar-refractivity contribution in [3.63, 3.8) is 0 Å². The minimum Gasteiger partial charge on any atom is -0.360 e.